The second-order valence-corrected chi connectivity index (χ2v) is 6.94. The van der Waals surface area contributed by atoms with Crippen LogP contribution in [0.1, 0.15) is 35.7 Å². The molecule has 2 amide bonds. The zero-order valence-electron chi connectivity index (χ0n) is 17.0. The third kappa shape index (κ3) is 7.63. The van der Waals surface area contributed by atoms with E-state index in [1.807, 2.05) is 30.3 Å². The summed E-state index contributed by atoms with van der Waals surface area (Å²) in [5, 5.41) is 5.48. The first-order valence-corrected chi connectivity index (χ1v) is 9.95. The molecule has 2 N–H and O–H groups in total. The Morgan fingerprint density at radius 2 is 1.77 bits per heavy atom. The molecule has 0 aliphatic rings. The van der Waals surface area contributed by atoms with E-state index in [1.165, 1.54) is 0 Å². The van der Waals surface area contributed by atoms with E-state index in [1.54, 1.807) is 43.1 Å². The fourth-order valence-electron chi connectivity index (χ4n) is 2.68. The number of rotatable bonds is 8. The van der Waals surface area contributed by atoms with Crippen LogP contribution in [0.3, 0.4) is 0 Å². The molecule has 0 radical (unpaired) electrons. The van der Waals surface area contributed by atoms with E-state index in [0.717, 1.165) is 5.56 Å². The number of anilines is 1. The van der Waals surface area contributed by atoms with E-state index < -0.39 is 11.9 Å². The standard InChI is InChI=1S/C22H25N3O4S/c1-3-29-20(27)13-12-19(26)24-22(30)23-18-11-7-10-17(14-18)21(28)25(2)15-16-8-5-4-6-9-16/h4-11,14H,3,12-13,15H2,1-2H3,(H2,23,24,26,30). The van der Waals surface area contributed by atoms with Crippen LogP contribution in [0, 0.1) is 0 Å². The molecule has 7 nitrogen and oxygen atoms in total. The van der Waals surface area contributed by atoms with Gasteiger partial charge in [0.25, 0.3) is 5.91 Å². The number of carbonyl (C=O) groups is 3. The highest BCUT2D eigenvalue weighted by molar-refractivity contribution is 7.80. The van der Waals surface area contributed by atoms with Crippen LogP contribution in [0.15, 0.2) is 54.6 Å². The molecule has 0 unspecified atom stereocenters. The van der Waals surface area contributed by atoms with Gasteiger partial charge in [0.15, 0.2) is 5.11 Å². The molecule has 158 valence electrons. The molecule has 0 bridgehead atoms. The molecule has 2 aromatic rings. The lowest BCUT2D eigenvalue weighted by Crippen LogP contribution is -2.34. The highest BCUT2D eigenvalue weighted by Crippen LogP contribution is 2.14. The van der Waals surface area contributed by atoms with Crippen LogP contribution in [0.2, 0.25) is 0 Å². The van der Waals surface area contributed by atoms with E-state index >= 15 is 0 Å². The molecule has 8 heteroatoms. The molecule has 2 rings (SSSR count). The molecule has 0 saturated heterocycles. The van der Waals surface area contributed by atoms with Gasteiger partial charge in [-0.1, -0.05) is 36.4 Å². The van der Waals surface area contributed by atoms with E-state index in [-0.39, 0.29) is 30.5 Å². The molecule has 0 heterocycles. The topological polar surface area (TPSA) is 87.7 Å². The van der Waals surface area contributed by atoms with Crippen molar-refractivity contribution in [3.8, 4) is 0 Å². The maximum absolute atomic E-state index is 12.7. The number of hydrogen-bond donors (Lipinski definition) is 2. The Bertz CT molecular complexity index is 902. The Morgan fingerprint density at radius 1 is 1.03 bits per heavy atom. The van der Waals surface area contributed by atoms with Crippen molar-refractivity contribution in [3.05, 3.63) is 65.7 Å². The van der Waals surface area contributed by atoms with Crippen molar-refractivity contribution in [1.82, 2.24) is 10.2 Å². The summed E-state index contributed by atoms with van der Waals surface area (Å²) < 4.78 is 4.78. The lowest BCUT2D eigenvalue weighted by atomic mass is 10.1. The summed E-state index contributed by atoms with van der Waals surface area (Å²) in [6.45, 7) is 2.47. The molecule has 30 heavy (non-hydrogen) atoms. The lowest BCUT2D eigenvalue weighted by Gasteiger charge is -2.18. The van der Waals surface area contributed by atoms with Crippen molar-refractivity contribution in [3.63, 3.8) is 0 Å². The Hall–Kier alpha value is -3.26. The quantitative estimate of drug-likeness (QED) is 0.497. The molecule has 0 aromatic heterocycles. The normalized spacial score (nSPS) is 10.1. The Balaban J connectivity index is 1.89. The van der Waals surface area contributed by atoms with Crippen LogP contribution >= 0.6 is 12.2 Å². The van der Waals surface area contributed by atoms with Crippen molar-refractivity contribution in [2.45, 2.75) is 26.3 Å². The van der Waals surface area contributed by atoms with Gasteiger partial charge in [0.1, 0.15) is 0 Å². The zero-order chi connectivity index (χ0) is 21.9. The number of ether oxygens (including phenoxy) is 1. The van der Waals surface area contributed by atoms with Crippen LogP contribution in [-0.4, -0.2) is 41.5 Å². The number of nitrogens with zero attached hydrogens (tertiary/aromatic N) is 1. The van der Waals surface area contributed by atoms with Gasteiger partial charge in [0.2, 0.25) is 5.91 Å². The number of thiocarbonyl (C=S) groups is 1. The summed E-state index contributed by atoms with van der Waals surface area (Å²) in [5.41, 5.74) is 2.11. The third-order valence-electron chi connectivity index (χ3n) is 4.09. The van der Waals surface area contributed by atoms with E-state index in [0.29, 0.717) is 17.8 Å². The average Bonchev–Trinajstić information content (AvgIpc) is 2.72. The van der Waals surface area contributed by atoms with Crippen molar-refractivity contribution in [2.75, 3.05) is 19.0 Å². The van der Waals surface area contributed by atoms with Gasteiger partial charge < -0.3 is 20.3 Å². The lowest BCUT2D eigenvalue weighted by molar-refractivity contribution is -0.144. The molecule has 0 atom stereocenters. The van der Waals surface area contributed by atoms with Gasteiger partial charge in [-0.25, -0.2) is 0 Å². The average molecular weight is 428 g/mol. The summed E-state index contributed by atoms with van der Waals surface area (Å²) in [6, 6.07) is 16.6. The highest BCUT2D eigenvalue weighted by atomic mass is 32.1. The number of esters is 1. The zero-order valence-corrected chi connectivity index (χ0v) is 17.8. The summed E-state index contributed by atoms with van der Waals surface area (Å²) in [5.74, 6) is -0.959. The maximum Gasteiger partial charge on any atom is 0.306 e. The highest BCUT2D eigenvalue weighted by Gasteiger charge is 2.13. The Labute approximate surface area is 181 Å². The minimum absolute atomic E-state index is 0.0139. The number of benzene rings is 2. The van der Waals surface area contributed by atoms with Crippen molar-refractivity contribution in [2.24, 2.45) is 0 Å². The molecule has 0 aliphatic carbocycles. The maximum atomic E-state index is 12.7. The van der Waals surface area contributed by atoms with Crippen molar-refractivity contribution < 1.29 is 19.1 Å². The van der Waals surface area contributed by atoms with Gasteiger partial charge >= 0.3 is 5.97 Å². The van der Waals surface area contributed by atoms with Gasteiger partial charge in [-0.3, -0.25) is 14.4 Å². The molecule has 0 fully saturated rings. The second kappa shape index (κ2) is 11.7. The van der Waals surface area contributed by atoms with E-state index in [9.17, 15) is 14.4 Å². The molecular formula is C22H25N3O4S. The minimum Gasteiger partial charge on any atom is -0.466 e. The number of amides is 2. The smallest absolute Gasteiger partial charge is 0.306 e. The van der Waals surface area contributed by atoms with Crippen LogP contribution < -0.4 is 10.6 Å². The van der Waals surface area contributed by atoms with Crippen molar-refractivity contribution >= 4 is 40.8 Å². The largest absolute Gasteiger partial charge is 0.466 e. The Kier molecular flexibility index (Phi) is 8.96. The van der Waals surface area contributed by atoms with Gasteiger partial charge in [0, 0.05) is 31.3 Å². The molecule has 0 saturated carbocycles. The summed E-state index contributed by atoms with van der Waals surface area (Å²) in [7, 11) is 1.74. The van der Waals surface area contributed by atoms with Gasteiger partial charge in [0.05, 0.1) is 13.0 Å². The molecule has 0 spiro atoms. The monoisotopic (exact) mass is 427 g/mol. The van der Waals surface area contributed by atoms with Gasteiger partial charge in [-0.05, 0) is 42.9 Å². The number of carbonyl (C=O) groups excluding carboxylic acids is 3. The SMILES string of the molecule is CCOC(=O)CCC(=O)NC(=S)Nc1cccc(C(=O)N(C)Cc2ccccc2)c1. The fraction of sp³-hybridized carbons (Fsp3) is 0.273. The predicted octanol–water partition coefficient (Wildman–Crippen LogP) is 3.12. The van der Waals surface area contributed by atoms with Crippen LogP contribution in [0.25, 0.3) is 0 Å². The third-order valence-corrected chi connectivity index (χ3v) is 4.30. The minimum atomic E-state index is -0.433. The fourth-order valence-corrected chi connectivity index (χ4v) is 2.91. The molecular weight excluding hydrogens is 402 g/mol. The summed E-state index contributed by atoms with van der Waals surface area (Å²) >= 11 is 5.14. The van der Waals surface area contributed by atoms with Crippen LogP contribution in [0.5, 0.6) is 0 Å². The molecule has 0 aliphatic heterocycles. The van der Waals surface area contributed by atoms with Gasteiger partial charge in [-0.15, -0.1) is 0 Å². The second-order valence-electron chi connectivity index (χ2n) is 6.53. The predicted molar refractivity (Wildman–Crippen MR) is 119 cm³/mol. The van der Waals surface area contributed by atoms with Crippen LogP contribution in [0.4, 0.5) is 5.69 Å². The number of hydrogen-bond acceptors (Lipinski definition) is 5. The van der Waals surface area contributed by atoms with Gasteiger partial charge in [-0.2, -0.15) is 0 Å². The Morgan fingerprint density at radius 3 is 2.47 bits per heavy atom. The first kappa shape index (κ1) is 23.0. The van der Waals surface area contributed by atoms with Crippen LogP contribution in [-0.2, 0) is 20.9 Å². The first-order chi connectivity index (χ1) is 14.4. The number of nitrogens with one attached hydrogen (secondary N) is 2. The van der Waals surface area contributed by atoms with E-state index in [2.05, 4.69) is 10.6 Å². The summed E-state index contributed by atoms with van der Waals surface area (Å²) in [6.07, 6.45) is -0.0382. The van der Waals surface area contributed by atoms with E-state index in [4.69, 9.17) is 17.0 Å². The summed E-state index contributed by atoms with van der Waals surface area (Å²) in [4.78, 5) is 37.5. The van der Waals surface area contributed by atoms with Crippen molar-refractivity contribution in [1.29, 1.82) is 0 Å². The first-order valence-electron chi connectivity index (χ1n) is 9.55. The molecule has 2 aromatic carbocycles.